The van der Waals surface area contributed by atoms with Gasteiger partial charge in [0.05, 0.1) is 13.0 Å². The maximum absolute atomic E-state index is 13.1. The maximum Gasteiger partial charge on any atom is 0.335 e. The highest BCUT2D eigenvalue weighted by molar-refractivity contribution is 5.74. The molecule has 1 rings (SSSR count). The van der Waals surface area contributed by atoms with Gasteiger partial charge in [-0.25, -0.2) is 4.79 Å². The van der Waals surface area contributed by atoms with Gasteiger partial charge in [-0.15, -0.1) is 0 Å². The number of carboxylic acid groups (broad SMARTS) is 1. The van der Waals surface area contributed by atoms with Crippen molar-refractivity contribution in [2.75, 3.05) is 13.2 Å². The summed E-state index contributed by atoms with van der Waals surface area (Å²) >= 11 is 0. The van der Waals surface area contributed by atoms with Crippen molar-refractivity contribution in [1.82, 2.24) is 0 Å². The number of hydrogen-bond acceptors (Lipinski definition) is 11. The van der Waals surface area contributed by atoms with Crippen molar-refractivity contribution < 1.29 is 58.2 Å². The number of carboxylic acids is 1. The van der Waals surface area contributed by atoms with E-state index in [1.807, 2.05) is 18.2 Å². The molecule has 0 amide bonds. The molecule has 1 aliphatic rings. The van der Waals surface area contributed by atoms with Crippen LogP contribution in [0.5, 0.6) is 0 Å². The van der Waals surface area contributed by atoms with Crippen LogP contribution in [0.4, 0.5) is 0 Å². The van der Waals surface area contributed by atoms with Crippen molar-refractivity contribution in [2.45, 2.75) is 263 Å². The first-order valence-corrected chi connectivity index (χ1v) is 29.2. The minimum atomic E-state index is -1.92. The molecule has 0 spiro atoms. The minimum Gasteiger partial charge on any atom is -0.479 e. The molecular weight excluding hydrogens is 949 g/mol. The number of aliphatic hydroxyl groups excluding tert-OH is 2. The highest BCUT2D eigenvalue weighted by atomic mass is 16.7. The van der Waals surface area contributed by atoms with Gasteiger partial charge in [-0.1, -0.05) is 208 Å². The summed E-state index contributed by atoms with van der Waals surface area (Å²) in [4.78, 5) is 51.0. The van der Waals surface area contributed by atoms with E-state index >= 15 is 0 Å². The fourth-order valence-electron chi connectivity index (χ4n) is 8.18. The van der Waals surface area contributed by atoms with Crippen molar-refractivity contribution >= 4 is 23.9 Å². The van der Waals surface area contributed by atoms with Gasteiger partial charge in [0.25, 0.3) is 0 Å². The number of carbonyl (C=O) groups is 4. The number of rotatable bonds is 48. The minimum absolute atomic E-state index is 0.0294. The van der Waals surface area contributed by atoms with Gasteiger partial charge in [-0.2, -0.15) is 0 Å². The Kier molecular flexibility index (Phi) is 46.2. The van der Waals surface area contributed by atoms with Gasteiger partial charge in [0.15, 0.2) is 24.6 Å². The van der Waals surface area contributed by atoms with E-state index in [4.69, 9.17) is 23.7 Å². The van der Waals surface area contributed by atoms with Crippen LogP contribution < -0.4 is 0 Å². The van der Waals surface area contributed by atoms with E-state index < -0.39 is 67.3 Å². The predicted octanol–water partition coefficient (Wildman–Crippen LogP) is 14.9. The first-order chi connectivity index (χ1) is 36.6. The van der Waals surface area contributed by atoms with Crippen LogP contribution in [0.2, 0.25) is 0 Å². The zero-order chi connectivity index (χ0) is 54.7. The third kappa shape index (κ3) is 40.6. The van der Waals surface area contributed by atoms with Crippen molar-refractivity contribution in [1.29, 1.82) is 0 Å². The first-order valence-electron chi connectivity index (χ1n) is 29.2. The lowest BCUT2D eigenvalue weighted by atomic mass is 9.98. The normalized spacial score (nSPS) is 18.9. The summed E-state index contributed by atoms with van der Waals surface area (Å²) in [5.41, 5.74) is 0. The highest BCUT2D eigenvalue weighted by Gasteiger charge is 2.50. The lowest BCUT2D eigenvalue weighted by Gasteiger charge is -2.40. The second-order valence-corrected chi connectivity index (χ2v) is 19.6. The number of ether oxygens (including phenoxy) is 5. The van der Waals surface area contributed by atoms with Crippen molar-refractivity contribution in [3.63, 3.8) is 0 Å². The fourth-order valence-corrected chi connectivity index (χ4v) is 8.18. The molecule has 12 heteroatoms. The summed E-state index contributed by atoms with van der Waals surface area (Å²) in [6.45, 7) is 5.70. The summed E-state index contributed by atoms with van der Waals surface area (Å²) in [7, 11) is 0. The molecule has 426 valence electrons. The van der Waals surface area contributed by atoms with Crippen LogP contribution in [0.15, 0.2) is 97.2 Å². The van der Waals surface area contributed by atoms with E-state index in [0.29, 0.717) is 19.3 Å². The molecule has 0 aromatic heterocycles. The van der Waals surface area contributed by atoms with Gasteiger partial charge in [0.1, 0.15) is 18.8 Å². The summed E-state index contributed by atoms with van der Waals surface area (Å²) in [6, 6.07) is 0. The van der Waals surface area contributed by atoms with E-state index in [1.165, 1.54) is 57.8 Å². The number of aliphatic carboxylic acids is 1. The smallest absolute Gasteiger partial charge is 0.335 e. The topological polar surface area (TPSA) is 175 Å². The Balaban J connectivity index is 2.76. The molecule has 75 heavy (non-hydrogen) atoms. The molecule has 0 radical (unpaired) electrons. The van der Waals surface area contributed by atoms with Crippen LogP contribution in [-0.2, 0) is 42.9 Å². The lowest BCUT2D eigenvalue weighted by Crippen LogP contribution is -2.61. The number of unbranched alkanes of at least 4 members (excludes halogenated alkanes) is 19. The van der Waals surface area contributed by atoms with Gasteiger partial charge >= 0.3 is 23.9 Å². The van der Waals surface area contributed by atoms with Gasteiger partial charge in [-0.3, -0.25) is 14.4 Å². The lowest BCUT2D eigenvalue weighted by molar-refractivity contribution is -0.301. The van der Waals surface area contributed by atoms with Crippen LogP contribution in [0, 0.1) is 0 Å². The summed E-state index contributed by atoms with van der Waals surface area (Å²) in [5, 5.41) is 31.4. The SMILES string of the molecule is CC/C=C\C/C=C\C/C=C\C/C=C\C/C=C\CC(=O)OC(COC(=O)CCCCCCCCC/C=C\CCCCCCCC)COC1OC(C(=O)O)C(O)C(O)C1OC(=O)CCCCCCC/C=C\C/C=C\CCC. The molecule has 6 atom stereocenters. The quantitative estimate of drug-likeness (QED) is 0.0228. The average Bonchev–Trinajstić information content (AvgIpc) is 3.39. The molecule has 0 aromatic rings. The standard InChI is InChI=1S/C63H102O12/c1-4-7-10-13-16-19-22-25-27-28-30-32-34-37-40-43-46-49-55(64)71-52-54(73-56(65)50-47-44-41-38-36-33-29-26-23-20-17-14-11-8-5-2)53-72-63-61(59(68)58(67)60(75-63)62(69)70)74-57(66)51-48-45-42-39-35-31-24-21-18-15-12-9-6-3/h8,11-12,15,17,20-21,24-27,29,36,38,44,47,54,58-61,63,67-68H,4-7,9-10,13-14,16,18-19,22-23,28,30-35,37,39-43,45-46,48-53H2,1-3H3,(H,69,70)/b11-8-,15-12-,20-17-,24-21-,27-25-,29-26-,38-36-,47-44-. The predicted molar refractivity (Wildman–Crippen MR) is 303 cm³/mol. The van der Waals surface area contributed by atoms with E-state index in [9.17, 15) is 34.5 Å². The Morgan fingerprint density at radius 1 is 0.467 bits per heavy atom. The Hall–Kier alpha value is -4.36. The van der Waals surface area contributed by atoms with Crippen molar-refractivity contribution in [2.24, 2.45) is 0 Å². The van der Waals surface area contributed by atoms with Crippen molar-refractivity contribution in [3.05, 3.63) is 97.2 Å². The zero-order valence-electron chi connectivity index (χ0n) is 46.8. The Morgan fingerprint density at radius 2 is 0.907 bits per heavy atom. The Morgan fingerprint density at radius 3 is 1.41 bits per heavy atom. The number of hydrogen-bond donors (Lipinski definition) is 3. The van der Waals surface area contributed by atoms with E-state index in [1.54, 1.807) is 6.08 Å². The molecule has 0 aliphatic carbocycles. The second-order valence-electron chi connectivity index (χ2n) is 19.6. The molecule has 0 aromatic carbocycles. The van der Waals surface area contributed by atoms with E-state index in [2.05, 4.69) is 93.7 Å². The van der Waals surface area contributed by atoms with E-state index in [-0.39, 0.29) is 25.9 Å². The third-order valence-corrected chi connectivity index (χ3v) is 12.6. The largest absolute Gasteiger partial charge is 0.479 e. The fraction of sp³-hybridized carbons (Fsp3) is 0.683. The molecule has 1 aliphatic heterocycles. The number of allylic oxidation sites excluding steroid dienone is 15. The Bertz CT molecular complexity index is 1670. The maximum atomic E-state index is 13.1. The number of esters is 3. The van der Waals surface area contributed by atoms with Crippen LogP contribution in [0.25, 0.3) is 0 Å². The van der Waals surface area contributed by atoms with Gasteiger partial charge in [-0.05, 0) is 96.3 Å². The number of carbonyl (C=O) groups excluding carboxylic acids is 3. The number of aliphatic hydroxyl groups is 2. The van der Waals surface area contributed by atoms with Crippen LogP contribution >= 0.6 is 0 Å². The molecule has 1 fully saturated rings. The molecule has 1 heterocycles. The summed E-state index contributed by atoms with van der Waals surface area (Å²) in [5.74, 6) is -3.32. The van der Waals surface area contributed by atoms with Gasteiger partial charge in [0, 0.05) is 12.8 Å². The summed E-state index contributed by atoms with van der Waals surface area (Å²) < 4.78 is 28.2. The van der Waals surface area contributed by atoms with Gasteiger partial charge in [0.2, 0.25) is 0 Å². The van der Waals surface area contributed by atoms with Crippen LogP contribution in [0.3, 0.4) is 0 Å². The molecule has 6 unspecified atom stereocenters. The monoisotopic (exact) mass is 1050 g/mol. The van der Waals surface area contributed by atoms with E-state index in [0.717, 1.165) is 109 Å². The molecule has 0 bridgehead atoms. The first kappa shape index (κ1) is 68.7. The summed E-state index contributed by atoms with van der Waals surface area (Å²) in [6.07, 6.45) is 54.1. The molecule has 3 N–H and O–H groups in total. The average molecular weight is 1050 g/mol. The van der Waals surface area contributed by atoms with Crippen LogP contribution in [-0.4, -0.2) is 89.2 Å². The molecular formula is C63H102O12. The third-order valence-electron chi connectivity index (χ3n) is 12.6. The van der Waals surface area contributed by atoms with Gasteiger partial charge < -0.3 is 39.0 Å². The second kappa shape index (κ2) is 50.5. The van der Waals surface area contributed by atoms with Crippen molar-refractivity contribution in [3.8, 4) is 0 Å². The van der Waals surface area contributed by atoms with Crippen LogP contribution in [0.1, 0.15) is 226 Å². The zero-order valence-corrected chi connectivity index (χ0v) is 46.8. The molecule has 12 nitrogen and oxygen atoms in total. The highest BCUT2D eigenvalue weighted by Crippen LogP contribution is 2.26. The Labute approximate surface area is 453 Å². The molecule has 1 saturated heterocycles. The molecule has 0 saturated carbocycles.